The smallest absolute Gasteiger partial charge is 0.464 e. The first-order chi connectivity index (χ1) is 11.6. The van der Waals surface area contributed by atoms with Gasteiger partial charge in [-0.3, -0.25) is 4.79 Å². The van der Waals surface area contributed by atoms with Crippen LogP contribution >= 0.6 is 11.8 Å². The van der Waals surface area contributed by atoms with Crippen molar-refractivity contribution in [1.29, 1.82) is 0 Å². The van der Waals surface area contributed by atoms with Crippen molar-refractivity contribution in [2.45, 2.75) is 25.2 Å². The lowest BCUT2D eigenvalue weighted by Crippen LogP contribution is -2.48. The first-order valence-corrected chi connectivity index (χ1v) is 9.44. The highest BCUT2D eigenvalue weighted by molar-refractivity contribution is 7.99. The van der Waals surface area contributed by atoms with Gasteiger partial charge >= 0.3 is 7.12 Å². The van der Waals surface area contributed by atoms with Gasteiger partial charge < -0.3 is 19.8 Å². The zero-order chi connectivity index (χ0) is 16.7. The Morgan fingerprint density at radius 2 is 2.29 bits per heavy atom. The molecule has 24 heavy (non-hydrogen) atoms. The Morgan fingerprint density at radius 1 is 1.46 bits per heavy atom. The zero-order valence-corrected chi connectivity index (χ0v) is 14.1. The summed E-state index contributed by atoms with van der Waals surface area (Å²) in [5.41, 5.74) is 1.79. The molecule has 1 amide bonds. The van der Waals surface area contributed by atoms with Gasteiger partial charge in [0.15, 0.2) is 0 Å². The van der Waals surface area contributed by atoms with Gasteiger partial charge in [0.25, 0.3) is 0 Å². The van der Waals surface area contributed by atoms with E-state index in [9.17, 15) is 14.8 Å². The molecule has 1 aliphatic heterocycles. The minimum atomic E-state index is -1.60. The van der Waals surface area contributed by atoms with E-state index in [1.165, 1.54) is 0 Å². The van der Waals surface area contributed by atoms with Crippen molar-refractivity contribution in [3.8, 4) is 0 Å². The molecule has 1 aliphatic carbocycles. The molecule has 2 aliphatic rings. The van der Waals surface area contributed by atoms with Gasteiger partial charge in [-0.2, -0.15) is 11.8 Å². The van der Waals surface area contributed by atoms with Crippen molar-refractivity contribution in [1.82, 2.24) is 5.32 Å². The number of nitrogens with one attached hydrogen (secondary N) is 1. The highest BCUT2D eigenvalue weighted by Crippen LogP contribution is 2.60. The molecule has 5 nitrogen and oxygen atoms in total. The molecule has 0 bridgehead atoms. The molecule has 3 N–H and O–H groups in total. The van der Waals surface area contributed by atoms with E-state index in [1.807, 2.05) is 36.0 Å². The molecule has 0 radical (unpaired) electrons. The predicted octanol–water partition coefficient (Wildman–Crippen LogP) is 1.62. The number of hydrogen-bond acceptors (Lipinski definition) is 5. The SMILES string of the molecule is O=C(N[C@@H](Cc1coc2ccccc12)B(O)O)C1CC12CCSC2. The molecule has 7 heteroatoms. The van der Waals surface area contributed by atoms with E-state index < -0.39 is 13.1 Å². The highest BCUT2D eigenvalue weighted by Gasteiger charge is 2.59. The molecule has 1 saturated heterocycles. The van der Waals surface area contributed by atoms with Crippen molar-refractivity contribution in [3.05, 3.63) is 36.1 Å². The number of carbonyl (C=O) groups excluding carboxylic acids is 1. The van der Waals surface area contributed by atoms with Crippen LogP contribution in [0.3, 0.4) is 0 Å². The lowest BCUT2D eigenvalue weighted by molar-refractivity contribution is -0.123. The quantitative estimate of drug-likeness (QED) is 0.718. The fourth-order valence-electron chi connectivity index (χ4n) is 3.72. The Bertz CT molecular complexity index is 756. The fraction of sp³-hybridized carbons (Fsp3) is 0.471. The van der Waals surface area contributed by atoms with Crippen LogP contribution in [0.5, 0.6) is 0 Å². The van der Waals surface area contributed by atoms with E-state index in [0.717, 1.165) is 40.9 Å². The lowest BCUT2D eigenvalue weighted by Gasteiger charge is -2.18. The third-order valence-corrected chi connectivity index (χ3v) is 6.60. The van der Waals surface area contributed by atoms with Crippen molar-refractivity contribution < 1.29 is 19.3 Å². The van der Waals surface area contributed by atoms with E-state index >= 15 is 0 Å². The van der Waals surface area contributed by atoms with Crippen LogP contribution in [0.25, 0.3) is 11.0 Å². The number of amides is 1. The number of carbonyl (C=O) groups is 1. The van der Waals surface area contributed by atoms with Crippen molar-refractivity contribution >= 4 is 35.8 Å². The summed E-state index contributed by atoms with van der Waals surface area (Å²) in [5, 5.41) is 23.2. The van der Waals surface area contributed by atoms with Crippen LogP contribution in [0.15, 0.2) is 34.9 Å². The summed E-state index contributed by atoms with van der Waals surface area (Å²) < 4.78 is 5.49. The molecule has 4 rings (SSSR count). The summed E-state index contributed by atoms with van der Waals surface area (Å²) in [4.78, 5) is 12.5. The van der Waals surface area contributed by atoms with E-state index in [4.69, 9.17) is 4.42 Å². The molecule has 2 aromatic rings. The molecule has 3 atom stereocenters. The summed E-state index contributed by atoms with van der Waals surface area (Å²) in [5.74, 6) is 1.41. The van der Waals surface area contributed by atoms with Gasteiger partial charge in [0.2, 0.25) is 5.91 Å². The molecule has 1 spiro atoms. The van der Waals surface area contributed by atoms with E-state index in [0.29, 0.717) is 6.42 Å². The standard InChI is InChI=1S/C17H20BNO4S/c20-16(13-8-17(13)5-6-24-10-17)19-15(18(21)22)7-11-9-23-14-4-2-1-3-12(11)14/h1-4,9,13,15,21-22H,5-8,10H2,(H,19,20)/t13?,15-,17?/m0/s1. The van der Waals surface area contributed by atoms with Crippen LogP contribution in [0.4, 0.5) is 0 Å². The average molecular weight is 345 g/mol. The average Bonchev–Trinajstić information content (AvgIpc) is 2.90. The molecule has 2 heterocycles. The van der Waals surface area contributed by atoms with Gasteiger partial charge in [0.05, 0.1) is 12.2 Å². The van der Waals surface area contributed by atoms with Crippen LogP contribution in [-0.2, 0) is 11.2 Å². The van der Waals surface area contributed by atoms with Crippen molar-refractivity contribution in [2.24, 2.45) is 11.3 Å². The lowest BCUT2D eigenvalue weighted by atomic mass is 9.75. The fourth-order valence-corrected chi connectivity index (χ4v) is 5.28. The largest absolute Gasteiger partial charge is 0.475 e. The normalized spacial score (nSPS) is 26.7. The molecule has 126 valence electrons. The van der Waals surface area contributed by atoms with Crippen LogP contribution in [0, 0.1) is 11.3 Å². The Kier molecular flexibility index (Phi) is 4.10. The summed E-state index contributed by atoms with van der Waals surface area (Å²) in [7, 11) is -1.60. The number of benzene rings is 1. The number of hydrogen-bond donors (Lipinski definition) is 3. The summed E-state index contributed by atoms with van der Waals surface area (Å²) >= 11 is 1.90. The number of fused-ring (bicyclic) bond motifs is 1. The predicted molar refractivity (Wildman–Crippen MR) is 94.5 cm³/mol. The second-order valence-electron chi connectivity index (χ2n) is 6.91. The van der Waals surface area contributed by atoms with Gasteiger partial charge in [-0.25, -0.2) is 0 Å². The Morgan fingerprint density at radius 3 is 3.04 bits per heavy atom. The van der Waals surface area contributed by atoms with Gasteiger partial charge in [-0.15, -0.1) is 0 Å². The van der Waals surface area contributed by atoms with Crippen LogP contribution in [-0.4, -0.2) is 40.5 Å². The monoisotopic (exact) mass is 345 g/mol. The maximum atomic E-state index is 12.5. The Balaban J connectivity index is 1.46. The highest BCUT2D eigenvalue weighted by atomic mass is 32.2. The molecule has 1 aromatic heterocycles. The van der Waals surface area contributed by atoms with E-state index in [1.54, 1.807) is 6.26 Å². The van der Waals surface area contributed by atoms with Crippen molar-refractivity contribution in [2.75, 3.05) is 11.5 Å². The maximum Gasteiger partial charge on any atom is 0.475 e. The Hall–Kier alpha value is -1.44. The summed E-state index contributed by atoms with van der Waals surface area (Å²) in [6, 6.07) is 7.61. The summed E-state index contributed by atoms with van der Waals surface area (Å²) in [6.07, 6.45) is 3.97. The molecule has 2 unspecified atom stereocenters. The number of para-hydroxylation sites is 1. The van der Waals surface area contributed by atoms with Crippen LogP contribution in [0.1, 0.15) is 18.4 Å². The van der Waals surface area contributed by atoms with Crippen molar-refractivity contribution in [3.63, 3.8) is 0 Å². The number of thioether (sulfide) groups is 1. The van der Waals surface area contributed by atoms with Gasteiger partial charge in [-0.1, -0.05) is 18.2 Å². The first-order valence-electron chi connectivity index (χ1n) is 8.28. The van der Waals surface area contributed by atoms with E-state index in [-0.39, 0.29) is 17.2 Å². The Labute approximate surface area is 144 Å². The number of rotatable bonds is 5. The van der Waals surface area contributed by atoms with Crippen LogP contribution in [0.2, 0.25) is 0 Å². The van der Waals surface area contributed by atoms with Crippen LogP contribution < -0.4 is 5.32 Å². The first kappa shape index (κ1) is 16.1. The summed E-state index contributed by atoms with van der Waals surface area (Å²) in [6.45, 7) is 0. The van der Waals surface area contributed by atoms with Gasteiger partial charge in [-0.05, 0) is 47.8 Å². The molecule has 1 aromatic carbocycles. The maximum absolute atomic E-state index is 12.5. The molecule has 2 fully saturated rings. The minimum absolute atomic E-state index is 0.0230. The second kappa shape index (κ2) is 6.13. The zero-order valence-electron chi connectivity index (χ0n) is 13.3. The molecule has 1 saturated carbocycles. The minimum Gasteiger partial charge on any atom is -0.464 e. The third kappa shape index (κ3) is 2.85. The molecular weight excluding hydrogens is 325 g/mol. The second-order valence-corrected chi connectivity index (χ2v) is 8.02. The van der Waals surface area contributed by atoms with E-state index in [2.05, 4.69) is 5.32 Å². The van der Waals surface area contributed by atoms with Gasteiger partial charge in [0.1, 0.15) is 5.58 Å². The third-order valence-electron chi connectivity index (χ3n) is 5.33. The number of furan rings is 1. The van der Waals surface area contributed by atoms with Gasteiger partial charge in [0, 0.05) is 11.3 Å². The molecular formula is C17H20BNO4S. The topological polar surface area (TPSA) is 82.7 Å².